The fourth-order valence-corrected chi connectivity index (χ4v) is 4.64. The molecule has 1 aliphatic heterocycles. The zero-order chi connectivity index (χ0) is 25.1. The van der Waals surface area contributed by atoms with Gasteiger partial charge in [-0.05, 0) is 77.2 Å². The summed E-state index contributed by atoms with van der Waals surface area (Å²) in [5.74, 6) is -0.543. The summed E-state index contributed by atoms with van der Waals surface area (Å²) in [6.07, 6.45) is 0. The number of piperazine rings is 1. The van der Waals surface area contributed by atoms with Crippen LogP contribution in [0, 0.1) is 9.39 Å². The zero-order valence-electron chi connectivity index (χ0n) is 19.5. The minimum Gasteiger partial charge on any atom is -0.335 e. The number of rotatable bonds is 6. The molecule has 3 aromatic carbocycles. The first kappa shape index (κ1) is 24.3. The molecule has 5 rings (SSSR count). The Morgan fingerprint density at radius 3 is 2.19 bits per heavy atom. The number of benzene rings is 3. The second-order valence-electron chi connectivity index (χ2n) is 8.67. The molecule has 8 heteroatoms. The van der Waals surface area contributed by atoms with Crippen LogP contribution in [0.15, 0.2) is 84.9 Å². The second-order valence-corrected chi connectivity index (χ2v) is 9.91. The lowest BCUT2D eigenvalue weighted by atomic mass is 10.1. The fraction of sp³-hybridized carbons (Fsp3) is 0.179. The summed E-state index contributed by atoms with van der Waals surface area (Å²) in [6, 6.07) is 25.4. The van der Waals surface area contributed by atoms with Crippen LogP contribution in [0.5, 0.6) is 0 Å². The molecule has 182 valence electrons. The maximum absolute atomic E-state index is 13.4. The molecule has 1 amide bonds. The van der Waals surface area contributed by atoms with E-state index in [-0.39, 0.29) is 24.1 Å². The molecule has 0 spiro atoms. The first-order valence-corrected chi connectivity index (χ1v) is 12.8. The Morgan fingerprint density at radius 2 is 1.53 bits per heavy atom. The lowest BCUT2D eigenvalue weighted by Gasteiger charge is -2.34. The van der Waals surface area contributed by atoms with Crippen molar-refractivity contribution in [3.05, 3.63) is 106 Å². The topological polar surface area (TPSA) is 58.4 Å². The summed E-state index contributed by atoms with van der Waals surface area (Å²) in [4.78, 5) is 29.7. The van der Waals surface area contributed by atoms with Gasteiger partial charge in [-0.25, -0.2) is 9.07 Å². The van der Waals surface area contributed by atoms with E-state index >= 15 is 0 Å². The molecule has 2 heterocycles. The van der Waals surface area contributed by atoms with Crippen LogP contribution in [-0.4, -0.2) is 64.0 Å². The smallest absolute Gasteiger partial charge is 0.274 e. The number of hydrogen-bond acceptors (Lipinski definition) is 4. The lowest BCUT2D eigenvalue weighted by Crippen LogP contribution is -2.50. The van der Waals surface area contributed by atoms with Crippen molar-refractivity contribution in [3.8, 4) is 16.9 Å². The maximum atomic E-state index is 13.4. The van der Waals surface area contributed by atoms with E-state index in [4.69, 9.17) is 5.10 Å². The molecule has 0 radical (unpaired) electrons. The van der Waals surface area contributed by atoms with Gasteiger partial charge in [-0.3, -0.25) is 14.5 Å². The highest BCUT2D eigenvalue weighted by Crippen LogP contribution is 2.25. The number of carbonyl (C=O) groups excluding carboxylic acids is 2. The minimum atomic E-state index is -0.362. The molecule has 6 nitrogen and oxygen atoms in total. The van der Waals surface area contributed by atoms with Crippen LogP contribution >= 0.6 is 22.6 Å². The number of hydrogen-bond donors (Lipinski definition) is 0. The van der Waals surface area contributed by atoms with Crippen LogP contribution in [0.25, 0.3) is 16.9 Å². The monoisotopic (exact) mass is 594 g/mol. The average molecular weight is 594 g/mol. The Morgan fingerprint density at radius 1 is 0.861 bits per heavy atom. The third-order valence-electron chi connectivity index (χ3n) is 6.26. The molecule has 0 saturated carbocycles. The van der Waals surface area contributed by atoms with Crippen LogP contribution < -0.4 is 0 Å². The Labute approximate surface area is 222 Å². The highest BCUT2D eigenvalue weighted by molar-refractivity contribution is 14.1. The van der Waals surface area contributed by atoms with Gasteiger partial charge in [-0.2, -0.15) is 5.10 Å². The van der Waals surface area contributed by atoms with Crippen molar-refractivity contribution in [3.63, 3.8) is 0 Å². The van der Waals surface area contributed by atoms with Gasteiger partial charge in [-0.1, -0.05) is 30.3 Å². The summed E-state index contributed by atoms with van der Waals surface area (Å²) in [7, 11) is 0. The first-order chi connectivity index (χ1) is 17.5. The van der Waals surface area contributed by atoms with Crippen molar-refractivity contribution in [2.45, 2.75) is 0 Å². The van der Waals surface area contributed by atoms with Gasteiger partial charge in [0.25, 0.3) is 5.91 Å². The number of amides is 1. The predicted molar refractivity (Wildman–Crippen MR) is 145 cm³/mol. The van der Waals surface area contributed by atoms with Gasteiger partial charge in [-0.15, -0.1) is 0 Å². The van der Waals surface area contributed by atoms with Crippen LogP contribution in [0.4, 0.5) is 4.39 Å². The fourth-order valence-electron chi connectivity index (χ4n) is 4.28. The Bertz CT molecular complexity index is 1360. The highest BCUT2D eigenvalue weighted by Gasteiger charge is 2.26. The Hall–Kier alpha value is -3.37. The number of Topliss-reactive ketones (excluding diaryl/α,β-unsaturated/α-hetero) is 1. The molecule has 0 atom stereocenters. The summed E-state index contributed by atoms with van der Waals surface area (Å²) in [6.45, 7) is 2.43. The van der Waals surface area contributed by atoms with Crippen LogP contribution in [0.1, 0.15) is 20.8 Å². The molecule has 4 aromatic rings. The van der Waals surface area contributed by atoms with E-state index in [0.717, 1.165) is 20.5 Å². The summed E-state index contributed by atoms with van der Waals surface area (Å²) >= 11 is 2.26. The molecule has 1 fully saturated rings. The van der Waals surface area contributed by atoms with E-state index < -0.39 is 0 Å². The van der Waals surface area contributed by atoms with Crippen LogP contribution in [0.2, 0.25) is 0 Å². The van der Waals surface area contributed by atoms with Crippen molar-refractivity contribution in [1.82, 2.24) is 19.6 Å². The third kappa shape index (κ3) is 5.39. The van der Waals surface area contributed by atoms with E-state index in [1.54, 1.807) is 4.90 Å². The van der Waals surface area contributed by atoms with Crippen LogP contribution in [0.3, 0.4) is 0 Å². The summed E-state index contributed by atoms with van der Waals surface area (Å²) in [5.41, 5.74) is 3.60. The summed E-state index contributed by atoms with van der Waals surface area (Å²) < 4.78 is 16.1. The number of nitrogens with zero attached hydrogens (tertiary/aromatic N) is 4. The van der Waals surface area contributed by atoms with Gasteiger partial charge in [0.2, 0.25) is 0 Å². The molecule has 1 aromatic heterocycles. The maximum Gasteiger partial charge on any atom is 0.274 e. The van der Waals surface area contributed by atoms with E-state index in [1.165, 1.54) is 24.3 Å². The third-order valence-corrected chi connectivity index (χ3v) is 6.98. The van der Waals surface area contributed by atoms with E-state index in [2.05, 4.69) is 22.6 Å². The molecule has 1 saturated heterocycles. The zero-order valence-corrected chi connectivity index (χ0v) is 21.6. The van der Waals surface area contributed by atoms with E-state index in [1.807, 2.05) is 70.2 Å². The molecular formula is C28H24FIN4O2. The van der Waals surface area contributed by atoms with Crippen molar-refractivity contribution < 1.29 is 14.0 Å². The van der Waals surface area contributed by atoms with E-state index in [9.17, 15) is 14.0 Å². The van der Waals surface area contributed by atoms with Gasteiger partial charge in [0, 0.05) is 40.9 Å². The Kier molecular flexibility index (Phi) is 7.24. The molecular weight excluding hydrogens is 570 g/mol. The lowest BCUT2D eigenvalue weighted by molar-refractivity contribution is 0.0618. The van der Waals surface area contributed by atoms with E-state index in [0.29, 0.717) is 37.4 Å². The van der Waals surface area contributed by atoms with Crippen molar-refractivity contribution in [2.75, 3.05) is 32.7 Å². The van der Waals surface area contributed by atoms with Gasteiger partial charge in [0.05, 0.1) is 17.9 Å². The van der Waals surface area contributed by atoms with Crippen LogP contribution in [-0.2, 0) is 0 Å². The largest absolute Gasteiger partial charge is 0.335 e. The summed E-state index contributed by atoms with van der Waals surface area (Å²) in [5, 5.41) is 4.70. The van der Waals surface area contributed by atoms with Crippen molar-refractivity contribution in [2.24, 2.45) is 0 Å². The molecule has 0 bridgehead atoms. The number of halogens is 2. The highest BCUT2D eigenvalue weighted by atomic mass is 127. The molecule has 1 aliphatic rings. The molecule has 0 N–H and O–H groups in total. The van der Waals surface area contributed by atoms with Gasteiger partial charge in [0.15, 0.2) is 11.5 Å². The van der Waals surface area contributed by atoms with Gasteiger partial charge < -0.3 is 4.90 Å². The quantitative estimate of drug-likeness (QED) is 0.235. The number of aromatic nitrogens is 2. The minimum absolute atomic E-state index is 0.0569. The number of carbonyl (C=O) groups is 2. The average Bonchev–Trinajstić information content (AvgIpc) is 3.35. The second kappa shape index (κ2) is 10.7. The first-order valence-electron chi connectivity index (χ1n) is 11.7. The normalized spacial score (nSPS) is 14.1. The predicted octanol–water partition coefficient (Wildman–Crippen LogP) is 4.92. The van der Waals surface area contributed by atoms with Crippen molar-refractivity contribution >= 4 is 34.3 Å². The number of ketones is 1. The molecule has 0 unspecified atom stereocenters. The van der Waals surface area contributed by atoms with Gasteiger partial charge >= 0.3 is 0 Å². The molecule has 36 heavy (non-hydrogen) atoms. The molecule has 0 aliphatic carbocycles. The van der Waals surface area contributed by atoms with Gasteiger partial charge in [0.1, 0.15) is 5.82 Å². The standard InChI is InChI=1S/C28H24FIN4O2/c29-22-8-6-21(7-9-22)27(35)19-32-14-16-33(17-15-32)28(36)25-18-26(20-4-2-1-3-5-20)34(31-25)24-12-10-23(30)11-13-24/h1-13,18H,14-17,19H2. The SMILES string of the molecule is O=C(CN1CCN(C(=O)c2cc(-c3ccccc3)n(-c3ccc(I)cc3)n2)CC1)c1ccc(F)cc1. The van der Waals surface area contributed by atoms with Crippen molar-refractivity contribution in [1.29, 1.82) is 0 Å². The Balaban J connectivity index is 1.30.